The van der Waals surface area contributed by atoms with Crippen LogP contribution >= 0.6 is 0 Å². The molecule has 2 atom stereocenters. The Balaban J connectivity index is 1.56. The zero-order valence-electron chi connectivity index (χ0n) is 24.7. The Morgan fingerprint density at radius 1 is 1.17 bits per heavy atom. The van der Waals surface area contributed by atoms with Crippen molar-refractivity contribution in [2.24, 2.45) is 5.92 Å². The number of aliphatic hydroxyl groups excluding tert-OH is 1. The number of aryl methyl sites for hydroxylation is 1. The molecule has 0 spiro atoms. The number of anilines is 2. The van der Waals surface area contributed by atoms with Gasteiger partial charge >= 0.3 is 5.97 Å². The number of allylic oxidation sites excluding steroid dienone is 1. The Kier molecular flexibility index (Phi) is 10.9. The van der Waals surface area contributed by atoms with Crippen molar-refractivity contribution in [2.45, 2.75) is 83.3 Å². The van der Waals surface area contributed by atoms with Gasteiger partial charge in [-0.1, -0.05) is 37.1 Å². The van der Waals surface area contributed by atoms with Gasteiger partial charge in [0.1, 0.15) is 0 Å². The van der Waals surface area contributed by atoms with Crippen molar-refractivity contribution in [3.63, 3.8) is 0 Å². The number of ether oxygens (including phenoxy) is 1. The number of aliphatic hydroxyl groups is 2. The molecule has 1 aromatic heterocycles. The summed E-state index contributed by atoms with van der Waals surface area (Å²) >= 11 is 0. The molecule has 11 heteroatoms. The molecule has 2 aliphatic heterocycles. The number of amides is 2. The minimum absolute atomic E-state index is 0.0140. The number of methoxy groups -OCH3 is 1. The van der Waals surface area contributed by atoms with Gasteiger partial charge in [-0.25, -0.2) is 0 Å². The monoisotopic (exact) mass is 581 g/mol. The summed E-state index contributed by atoms with van der Waals surface area (Å²) in [5.41, 5.74) is 0.731. The minimum atomic E-state index is -1.81. The van der Waals surface area contributed by atoms with E-state index in [2.05, 4.69) is 10.3 Å². The second-order valence-electron chi connectivity index (χ2n) is 11.1. The number of hydrogen-bond donors (Lipinski definition) is 2. The fourth-order valence-corrected chi connectivity index (χ4v) is 5.72. The Morgan fingerprint density at radius 2 is 1.98 bits per heavy atom. The number of benzene rings is 1. The lowest BCUT2D eigenvalue weighted by Crippen LogP contribution is -2.44. The lowest BCUT2D eigenvalue weighted by atomic mass is 9.82. The van der Waals surface area contributed by atoms with Gasteiger partial charge in [0.05, 0.1) is 18.5 Å². The van der Waals surface area contributed by atoms with Crippen molar-refractivity contribution in [1.29, 1.82) is 0 Å². The van der Waals surface area contributed by atoms with E-state index < -0.39 is 17.4 Å². The van der Waals surface area contributed by atoms with Crippen LogP contribution in [0, 0.1) is 5.92 Å². The Bertz CT molecular complexity index is 1280. The first kappa shape index (κ1) is 31.4. The van der Waals surface area contributed by atoms with E-state index in [0.29, 0.717) is 68.7 Å². The number of rotatable bonds is 13. The second-order valence-corrected chi connectivity index (χ2v) is 11.1. The standard InChI is InChI=1S/C31H43N5O6/c1-23(11-6-9-17-34-22-24(16-20-37)32-33-34)31(41)26-21-25(35-18-8-4-3-5-12-28(35)38)14-15-27(26)36(30(31)40)19-10-7-13-29(39)42-2/h6,11,14-15,21-23,37,41H,3-5,7-10,12-13,16-20H2,1-2H3/b11-6+/t23-,31+/m1/s1. The first-order chi connectivity index (χ1) is 20.3. The number of nitrogens with zero attached hydrogens (tertiary/aromatic N) is 5. The van der Waals surface area contributed by atoms with Gasteiger partial charge in [-0.05, 0) is 50.3 Å². The summed E-state index contributed by atoms with van der Waals surface area (Å²) in [6.45, 7) is 3.37. The number of unbranched alkanes of at least 4 members (excludes halogenated alkanes) is 1. The van der Waals surface area contributed by atoms with Crippen LogP contribution in [-0.4, -0.2) is 69.8 Å². The summed E-state index contributed by atoms with van der Waals surface area (Å²) in [6.07, 6.45) is 12.4. The Morgan fingerprint density at radius 3 is 2.76 bits per heavy atom. The number of esters is 1. The zero-order valence-corrected chi connectivity index (χ0v) is 24.7. The average molecular weight is 582 g/mol. The molecule has 11 nitrogen and oxygen atoms in total. The molecule has 0 saturated carbocycles. The highest BCUT2D eigenvalue weighted by molar-refractivity contribution is 6.08. The van der Waals surface area contributed by atoms with Crippen LogP contribution in [0.25, 0.3) is 0 Å². The minimum Gasteiger partial charge on any atom is -0.469 e. The molecule has 228 valence electrons. The smallest absolute Gasteiger partial charge is 0.305 e. The quantitative estimate of drug-likeness (QED) is 0.209. The average Bonchev–Trinajstić information content (AvgIpc) is 3.51. The van der Waals surface area contributed by atoms with E-state index in [1.807, 2.05) is 37.3 Å². The number of carbonyl (C=O) groups is 3. The molecule has 2 N–H and O–H groups in total. The molecule has 0 radical (unpaired) electrons. The third-order valence-corrected chi connectivity index (χ3v) is 8.19. The molecule has 3 heterocycles. The molecule has 1 saturated heterocycles. The van der Waals surface area contributed by atoms with E-state index in [-0.39, 0.29) is 24.9 Å². The van der Waals surface area contributed by atoms with Crippen LogP contribution in [0.4, 0.5) is 11.4 Å². The number of fused-ring (bicyclic) bond motifs is 1. The van der Waals surface area contributed by atoms with Crippen molar-refractivity contribution < 1.29 is 29.3 Å². The summed E-state index contributed by atoms with van der Waals surface area (Å²) in [6, 6.07) is 5.50. The SMILES string of the molecule is COC(=O)CCCCN1C(=O)[C@](O)([C@H](C)/C=C/CCn2cc(CCO)nn2)c2cc(N3CCCCCCC3=O)ccc21. The summed E-state index contributed by atoms with van der Waals surface area (Å²) < 4.78 is 6.43. The van der Waals surface area contributed by atoms with Gasteiger partial charge in [0.2, 0.25) is 5.91 Å². The third kappa shape index (κ3) is 7.07. The molecule has 0 aliphatic carbocycles. The molecule has 2 aliphatic rings. The van der Waals surface area contributed by atoms with Crippen molar-refractivity contribution in [2.75, 3.05) is 36.6 Å². The maximum atomic E-state index is 13.9. The molecule has 0 unspecified atom stereocenters. The lowest BCUT2D eigenvalue weighted by molar-refractivity contribution is -0.140. The first-order valence-corrected chi connectivity index (χ1v) is 15.0. The number of carbonyl (C=O) groups excluding carboxylic acids is 3. The van der Waals surface area contributed by atoms with Crippen LogP contribution in [0.15, 0.2) is 36.5 Å². The van der Waals surface area contributed by atoms with Gasteiger partial charge in [-0.2, -0.15) is 0 Å². The summed E-state index contributed by atoms with van der Waals surface area (Å²) in [5.74, 6) is -1.20. The molecule has 0 bridgehead atoms. The highest BCUT2D eigenvalue weighted by atomic mass is 16.5. The van der Waals surface area contributed by atoms with Gasteiger partial charge < -0.3 is 24.7 Å². The van der Waals surface area contributed by atoms with Crippen LogP contribution in [0.2, 0.25) is 0 Å². The predicted molar refractivity (Wildman–Crippen MR) is 158 cm³/mol. The van der Waals surface area contributed by atoms with Crippen LogP contribution in [0.5, 0.6) is 0 Å². The van der Waals surface area contributed by atoms with E-state index in [1.54, 1.807) is 20.7 Å². The molecular weight excluding hydrogens is 538 g/mol. The molecule has 2 amide bonds. The third-order valence-electron chi connectivity index (χ3n) is 8.19. The second kappa shape index (κ2) is 14.6. The van der Waals surface area contributed by atoms with Gasteiger partial charge in [-0.3, -0.25) is 19.1 Å². The van der Waals surface area contributed by atoms with E-state index in [1.165, 1.54) is 7.11 Å². The number of hydrogen-bond acceptors (Lipinski definition) is 8. The van der Waals surface area contributed by atoms with E-state index >= 15 is 0 Å². The lowest BCUT2D eigenvalue weighted by Gasteiger charge is -2.29. The highest BCUT2D eigenvalue weighted by Gasteiger charge is 2.52. The van der Waals surface area contributed by atoms with Gasteiger partial charge in [-0.15, -0.1) is 5.10 Å². The maximum absolute atomic E-state index is 13.9. The van der Waals surface area contributed by atoms with E-state index in [0.717, 1.165) is 31.4 Å². The van der Waals surface area contributed by atoms with Crippen LogP contribution in [-0.2, 0) is 37.7 Å². The molecule has 42 heavy (non-hydrogen) atoms. The van der Waals surface area contributed by atoms with Gasteiger partial charge in [0.25, 0.3) is 5.91 Å². The molecule has 1 fully saturated rings. The van der Waals surface area contributed by atoms with Crippen molar-refractivity contribution in [3.05, 3.63) is 47.8 Å². The normalized spacial score (nSPS) is 20.1. The molecular formula is C31H43N5O6. The summed E-state index contributed by atoms with van der Waals surface area (Å²) in [4.78, 5) is 41.9. The Labute approximate surface area is 247 Å². The molecule has 4 rings (SSSR count). The topological polar surface area (TPSA) is 138 Å². The summed E-state index contributed by atoms with van der Waals surface area (Å²) in [7, 11) is 1.35. The van der Waals surface area contributed by atoms with Gasteiger partial charge in [0.15, 0.2) is 5.60 Å². The molecule has 2 aromatic rings. The Hall–Kier alpha value is -3.57. The van der Waals surface area contributed by atoms with Crippen LogP contribution in [0.1, 0.15) is 76.0 Å². The van der Waals surface area contributed by atoms with Gasteiger partial charge in [0, 0.05) is 68.9 Å². The van der Waals surface area contributed by atoms with E-state index in [9.17, 15) is 19.5 Å². The van der Waals surface area contributed by atoms with Crippen LogP contribution in [0.3, 0.4) is 0 Å². The first-order valence-electron chi connectivity index (χ1n) is 15.0. The van der Waals surface area contributed by atoms with E-state index in [4.69, 9.17) is 9.84 Å². The number of aromatic nitrogens is 3. The predicted octanol–water partition coefficient (Wildman–Crippen LogP) is 3.27. The fraction of sp³-hybridized carbons (Fsp3) is 0.581. The van der Waals surface area contributed by atoms with Crippen molar-refractivity contribution in [1.82, 2.24) is 15.0 Å². The van der Waals surface area contributed by atoms with Crippen molar-refractivity contribution in [3.8, 4) is 0 Å². The fourth-order valence-electron chi connectivity index (χ4n) is 5.72. The van der Waals surface area contributed by atoms with Crippen molar-refractivity contribution >= 4 is 29.2 Å². The zero-order chi connectivity index (χ0) is 30.1. The van der Waals surface area contributed by atoms with Crippen LogP contribution < -0.4 is 9.80 Å². The highest BCUT2D eigenvalue weighted by Crippen LogP contribution is 2.47. The maximum Gasteiger partial charge on any atom is 0.305 e. The summed E-state index contributed by atoms with van der Waals surface area (Å²) in [5, 5.41) is 29.3. The largest absolute Gasteiger partial charge is 0.469 e. The molecule has 1 aromatic carbocycles.